The third-order valence-corrected chi connectivity index (χ3v) is 3.36. The van der Waals surface area contributed by atoms with Crippen LogP contribution < -0.4 is 20.3 Å². The highest BCUT2D eigenvalue weighted by Gasteiger charge is 2.19. The van der Waals surface area contributed by atoms with Crippen molar-refractivity contribution < 1.29 is 24.1 Å². The molecule has 132 valence electrons. The van der Waals surface area contributed by atoms with Crippen LogP contribution in [0.15, 0.2) is 18.2 Å². The molecule has 1 unspecified atom stereocenters. The lowest BCUT2D eigenvalue weighted by atomic mass is 10.2. The van der Waals surface area contributed by atoms with Crippen molar-refractivity contribution in [2.24, 2.45) is 0 Å². The molecule has 1 rings (SSSR count). The molecule has 0 aliphatic carbocycles. The van der Waals surface area contributed by atoms with E-state index in [-0.39, 0.29) is 36.3 Å². The molecule has 3 N–H and O–H groups in total. The summed E-state index contributed by atoms with van der Waals surface area (Å²) in [6, 6.07) is 3.96. The summed E-state index contributed by atoms with van der Waals surface area (Å²) in [5, 5.41) is 16.1. The first-order chi connectivity index (χ1) is 11.4. The van der Waals surface area contributed by atoms with Crippen LogP contribution in [0.2, 0.25) is 0 Å². The lowest BCUT2D eigenvalue weighted by molar-refractivity contribution is -0.881. The van der Waals surface area contributed by atoms with E-state index >= 15 is 0 Å². The summed E-state index contributed by atoms with van der Waals surface area (Å²) in [6.45, 7) is 5.08. The van der Waals surface area contributed by atoms with Crippen molar-refractivity contribution in [1.29, 1.82) is 0 Å². The van der Waals surface area contributed by atoms with Gasteiger partial charge in [0.1, 0.15) is 5.75 Å². The zero-order valence-corrected chi connectivity index (χ0v) is 14.0. The Bertz CT molecular complexity index is 606. The maximum absolute atomic E-state index is 12.2. The van der Waals surface area contributed by atoms with Gasteiger partial charge in [0.2, 0.25) is 0 Å². The van der Waals surface area contributed by atoms with Gasteiger partial charge >= 0.3 is 0 Å². The number of amides is 2. The molecule has 2 amide bonds. The minimum Gasteiger partial charge on any atom is -0.495 e. The standard InChI is InChI=1S/C15H22N4O5/c1-4-16-14(20)9-18(5-2)10-15(21)17-12-8-11(19(22)23)6-7-13(12)24-3/h6-8H,4-5,9-10H2,1-3H3,(H,16,20)(H,17,21)/p+1. The SMILES string of the molecule is CCNC(=O)C[NH+](CC)CC(=O)Nc1cc([N+](=O)[O-])ccc1OC. The Hall–Kier alpha value is -2.68. The number of nitrogens with one attached hydrogen (secondary N) is 3. The maximum Gasteiger partial charge on any atom is 0.279 e. The van der Waals surface area contributed by atoms with Crippen molar-refractivity contribution in [3.63, 3.8) is 0 Å². The second-order valence-electron chi connectivity index (χ2n) is 5.10. The zero-order chi connectivity index (χ0) is 18.1. The Morgan fingerprint density at radius 2 is 1.92 bits per heavy atom. The Morgan fingerprint density at radius 1 is 1.25 bits per heavy atom. The first-order valence-electron chi connectivity index (χ1n) is 7.63. The van der Waals surface area contributed by atoms with Crippen LogP contribution in [0.25, 0.3) is 0 Å². The Morgan fingerprint density at radius 3 is 2.46 bits per heavy atom. The van der Waals surface area contributed by atoms with Crippen LogP contribution in [-0.2, 0) is 9.59 Å². The molecule has 0 saturated heterocycles. The predicted octanol–water partition coefficient (Wildman–Crippen LogP) is -0.417. The van der Waals surface area contributed by atoms with Gasteiger partial charge in [0, 0.05) is 18.7 Å². The highest BCUT2D eigenvalue weighted by atomic mass is 16.6. The summed E-state index contributed by atoms with van der Waals surface area (Å²) in [7, 11) is 1.41. The van der Waals surface area contributed by atoms with Crippen LogP contribution in [-0.4, -0.2) is 50.0 Å². The van der Waals surface area contributed by atoms with Crippen molar-refractivity contribution in [3.05, 3.63) is 28.3 Å². The number of methoxy groups -OCH3 is 1. The first kappa shape index (κ1) is 19.4. The third kappa shape index (κ3) is 5.84. The number of ether oxygens (including phenoxy) is 1. The number of rotatable bonds is 9. The lowest BCUT2D eigenvalue weighted by Crippen LogP contribution is -3.14. The molecule has 1 aromatic rings. The van der Waals surface area contributed by atoms with Crippen LogP contribution in [0, 0.1) is 10.1 Å². The van der Waals surface area contributed by atoms with Crippen molar-refractivity contribution in [2.75, 3.05) is 38.6 Å². The number of hydrogen-bond acceptors (Lipinski definition) is 5. The number of anilines is 1. The average Bonchev–Trinajstić information content (AvgIpc) is 2.54. The molecule has 0 radical (unpaired) electrons. The van der Waals surface area contributed by atoms with E-state index in [1.54, 1.807) is 0 Å². The van der Waals surface area contributed by atoms with Crippen molar-refractivity contribution >= 4 is 23.2 Å². The summed E-state index contributed by atoms with van der Waals surface area (Å²) >= 11 is 0. The van der Waals surface area contributed by atoms with Crippen molar-refractivity contribution in [1.82, 2.24) is 5.32 Å². The van der Waals surface area contributed by atoms with Crippen molar-refractivity contribution in [3.8, 4) is 5.75 Å². The van der Waals surface area contributed by atoms with Crippen LogP contribution in [0.5, 0.6) is 5.75 Å². The highest BCUT2D eigenvalue weighted by molar-refractivity contribution is 5.93. The maximum atomic E-state index is 12.2. The van der Waals surface area contributed by atoms with E-state index in [2.05, 4.69) is 10.6 Å². The predicted molar refractivity (Wildman–Crippen MR) is 88.2 cm³/mol. The van der Waals surface area contributed by atoms with E-state index in [0.29, 0.717) is 18.8 Å². The molecule has 0 bridgehead atoms. The number of quaternary nitrogens is 1. The summed E-state index contributed by atoms with van der Waals surface area (Å²) < 4.78 is 5.10. The van der Waals surface area contributed by atoms with Gasteiger partial charge in [-0.25, -0.2) is 0 Å². The van der Waals surface area contributed by atoms with Gasteiger partial charge in [0.15, 0.2) is 13.1 Å². The van der Waals surface area contributed by atoms with E-state index in [0.717, 1.165) is 4.90 Å². The van der Waals surface area contributed by atoms with Gasteiger partial charge in [-0.1, -0.05) is 0 Å². The molecule has 9 heteroatoms. The van der Waals surface area contributed by atoms with Gasteiger partial charge in [-0.05, 0) is 19.9 Å². The number of carbonyl (C=O) groups is 2. The molecule has 0 fully saturated rings. The van der Waals surface area contributed by atoms with E-state index in [1.165, 1.54) is 25.3 Å². The smallest absolute Gasteiger partial charge is 0.279 e. The zero-order valence-electron chi connectivity index (χ0n) is 14.0. The van der Waals surface area contributed by atoms with Gasteiger partial charge in [-0.2, -0.15) is 0 Å². The molecule has 1 atom stereocenters. The number of likely N-dealkylation sites (N-methyl/N-ethyl adjacent to an activating group) is 2. The van der Waals surface area contributed by atoms with E-state index in [4.69, 9.17) is 4.74 Å². The summed E-state index contributed by atoms with van der Waals surface area (Å²) in [4.78, 5) is 34.9. The van der Waals surface area contributed by atoms with Gasteiger partial charge in [0.25, 0.3) is 17.5 Å². The summed E-state index contributed by atoms with van der Waals surface area (Å²) in [5.41, 5.74) is 0.0817. The fourth-order valence-corrected chi connectivity index (χ4v) is 2.13. The fraction of sp³-hybridized carbons (Fsp3) is 0.467. The molecule has 0 spiro atoms. The molecule has 0 saturated carbocycles. The molecular formula is C15H23N4O5+. The minimum atomic E-state index is -0.548. The molecule has 0 aliphatic rings. The molecule has 0 aromatic heterocycles. The average molecular weight is 339 g/mol. The number of nitrogens with zero attached hydrogens (tertiary/aromatic N) is 1. The second-order valence-corrected chi connectivity index (χ2v) is 5.10. The van der Waals surface area contributed by atoms with Crippen LogP contribution in [0.3, 0.4) is 0 Å². The molecule has 9 nitrogen and oxygen atoms in total. The van der Waals surface area contributed by atoms with E-state index in [9.17, 15) is 19.7 Å². The Kier molecular flexibility index (Phi) is 7.63. The van der Waals surface area contributed by atoms with E-state index < -0.39 is 4.92 Å². The van der Waals surface area contributed by atoms with Crippen LogP contribution in [0.1, 0.15) is 13.8 Å². The fourth-order valence-electron chi connectivity index (χ4n) is 2.13. The molecule has 0 aliphatic heterocycles. The molecule has 0 heterocycles. The van der Waals surface area contributed by atoms with Crippen LogP contribution >= 0.6 is 0 Å². The quantitative estimate of drug-likeness (QED) is 0.418. The Balaban J connectivity index is 2.77. The largest absolute Gasteiger partial charge is 0.495 e. The highest BCUT2D eigenvalue weighted by Crippen LogP contribution is 2.28. The number of benzene rings is 1. The Labute approximate surface area is 140 Å². The van der Waals surface area contributed by atoms with Gasteiger partial charge in [-0.3, -0.25) is 19.7 Å². The summed E-state index contributed by atoms with van der Waals surface area (Å²) in [5.74, 6) is -0.152. The first-order valence-corrected chi connectivity index (χ1v) is 7.63. The summed E-state index contributed by atoms with van der Waals surface area (Å²) in [6.07, 6.45) is 0. The minimum absolute atomic E-state index is 0.0689. The monoisotopic (exact) mass is 339 g/mol. The normalized spacial score (nSPS) is 11.5. The second kappa shape index (κ2) is 9.46. The molecule has 24 heavy (non-hydrogen) atoms. The van der Waals surface area contributed by atoms with Crippen LogP contribution in [0.4, 0.5) is 11.4 Å². The van der Waals surface area contributed by atoms with Crippen molar-refractivity contribution in [2.45, 2.75) is 13.8 Å². The van der Waals surface area contributed by atoms with Gasteiger partial charge in [0.05, 0.1) is 24.3 Å². The topological polar surface area (TPSA) is 115 Å². The number of carbonyl (C=O) groups excluding carboxylic acids is 2. The lowest BCUT2D eigenvalue weighted by Gasteiger charge is -2.17. The third-order valence-electron chi connectivity index (χ3n) is 3.36. The number of nitro groups is 1. The molecule has 1 aromatic carbocycles. The van der Waals surface area contributed by atoms with Gasteiger partial charge < -0.3 is 20.3 Å². The number of nitro benzene ring substituents is 1. The van der Waals surface area contributed by atoms with E-state index in [1.807, 2.05) is 13.8 Å². The number of hydrogen-bond donors (Lipinski definition) is 3. The number of non-ortho nitro benzene ring substituents is 1. The molecular weight excluding hydrogens is 316 g/mol. The van der Waals surface area contributed by atoms with Gasteiger partial charge in [-0.15, -0.1) is 0 Å².